The fourth-order valence-electron chi connectivity index (χ4n) is 2.74. The van der Waals surface area contributed by atoms with Gasteiger partial charge >= 0.3 is 0 Å². The van der Waals surface area contributed by atoms with Crippen molar-refractivity contribution in [3.63, 3.8) is 0 Å². The maximum absolute atomic E-state index is 12.0. The normalized spacial score (nSPS) is 13.7. The number of aliphatic hydroxyl groups is 2. The summed E-state index contributed by atoms with van der Waals surface area (Å²) >= 11 is 0. The number of hydrogen-bond acceptors (Lipinski definition) is 6. The second kappa shape index (κ2) is 12.2. The highest BCUT2D eigenvalue weighted by Crippen LogP contribution is 2.17. The molecule has 0 aromatic heterocycles. The van der Waals surface area contributed by atoms with Crippen LogP contribution in [0.3, 0.4) is 0 Å². The lowest BCUT2D eigenvalue weighted by molar-refractivity contribution is -0.129. The average Bonchev–Trinajstić information content (AvgIpc) is 2.68. The van der Waals surface area contributed by atoms with E-state index in [1.54, 1.807) is 25.8 Å². The minimum absolute atomic E-state index is 0.00572. The summed E-state index contributed by atoms with van der Waals surface area (Å²) in [6.45, 7) is 6.09. The maximum atomic E-state index is 12.0. The van der Waals surface area contributed by atoms with Gasteiger partial charge in [0, 0.05) is 26.3 Å². The largest absolute Gasteiger partial charge is 0.490 e. The van der Waals surface area contributed by atoms with E-state index in [1.807, 2.05) is 37.3 Å². The third-order valence-electron chi connectivity index (χ3n) is 5.08. The van der Waals surface area contributed by atoms with Gasteiger partial charge in [0.15, 0.2) is 0 Å². The molecule has 1 atom stereocenters. The van der Waals surface area contributed by atoms with Gasteiger partial charge in [-0.05, 0) is 63.8 Å². The van der Waals surface area contributed by atoms with Crippen LogP contribution in [-0.4, -0.2) is 73.4 Å². The van der Waals surface area contributed by atoms with E-state index in [2.05, 4.69) is 0 Å². The highest BCUT2D eigenvalue weighted by molar-refractivity contribution is 7.90. The summed E-state index contributed by atoms with van der Waals surface area (Å²) in [6.07, 6.45) is 4.18. The molecule has 176 valence electrons. The molecule has 0 fully saturated rings. The second-order valence-electron chi connectivity index (χ2n) is 8.66. The van der Waals surface area contributed by atoms with Crippen LogP contribution < -0.4 is 4.74 Å². The molecule has 0 aliphatic rings. The fourth-order valence-corrected chi connectivity index (χ4v) is 3.28. The van der Waals surface area contributed by atoms with Crippen LogP contribution in [0.1, 0.15) is 45.6 Å². The van der Waals surface area contributed by atoms with Crippen molar-refractivity contribution in [2.24, 2.45) is 0 Å². The average molecular weight is 456 g/mol. The van der Waals surface area contributed by atoms with Crippen LogP contribution in [0.2, 0.25) is 0 Å². The molecule has 31 heavy (non-hydrogen) atoms. The Balaban J connectivity index is 2.39. The topological polar surface area (TPSA) is 104 Å². The Morgan fingerprint density at radius 3 is 2.39 bits per heavy atom. The van der Waals surface area contributed by atoms with E-state index in [-0.39, 0.29) is 18.1 Å². The molecule has 1 aromatic rings. The number of ether oxygens (including phenoxy) is 1. The van der Waals surface area contributed by atoms with Gasteiger partial charge in [0.1, 0.15) is 22.2 Å². The lowest BCUT2D eigenvalue weighted by Crippen LogP contribution is -2.35. The van der Waals surface area contributed by atoms with Gasteiger partial charge in [-0.25, -0.2) is 8.42 Å². The first kappa shape index (κ1) is 27.1. The molecule has 1 unspecified atom stereocenters. The zero-order valence-electron chi connectivity index (χ0n) is 19.3. The Morgan fingerprint density at radius 2 is 1.84 bits per heavy atom. The van der Waals surface area contributed by atoms with Crippen molar-refractivity contribution in [3.8, 4) is 5.75 Å². The first-order chi connectivity index (χ1) is 14.3. The Bertz CT molecular complexity index is 825. The summed E-state index contributed by atoms with van der Waals surface area (Å²) < 4.78 is 28.1. The molecule has 1 rings (SSSR count). The molecule has 0 aliphatic heterocycles. The summed E-state index contributed by atoms with van der Waals surface area (Å²) in [4.78, 5) is 13.5. The molecule has 1 aromatic carbocycles. The molecule has 0 saturated carbocycles. The first-order valence-electron chi connectivity index (χ1n) is 10.5. The molecule has 8 heteroatoms. The zero-order valence-corrected chi connectivity index (χ0v) is 20.1. The molecule has 1 amide bonds. The molecule has 0 heterocycles. The number of sulfone groups is 1. The van der Waals surface area contributed by atoms with Gasteiger partial charge in [-0.1, -0.05) is 17.7 Å². The Labute approximate surface area is 186 Å². The van der Waals surface area contributed by atoms with Crippen molar-refractivity contribution in [1.82, 2.24) is 4.90 Å². The summed E-state index contributed by atoms with van der Waals surface area (Å²) in [5, 5.41) is 19.6. The SMILES string of the molecule is C/C(=C\COc1ccc(CCN(C)C(=O)CCS(C)(=O)=O)cc1)CCC(O)C(C)(C)O. The van der Waals surface area contributed by atoms with Crippen molar-refractivity contribution in [3.05, 3.63) is 41.5 Å². The molecular weight excluding hydrogens is 418 g/mol. The number of rotatable bonds is 13. The Morgan fingerprint density at radius 1 is 1.23 bits per heavy atom. The molecule has 0 aliphatic carbocycles. The van der Waals surface area contributed by atoms with Gasteiger partial charge in [-0.15, -0.1) is 0 Å². The third-order valence-corrected chi connectivity index (χ3v) is 6.03. The van der Waals surface area contributed by atoms with E-state index in [4.69, 9.17) is 4.74 Å². The van der Waals surface area contributed by atoms with Gasteiger partial charge in [-0.3, -0.25) is 4.79 Å². The fraction of sp³-hybridized carbons (Fsp3) is 0.609. The van der Waals surface area contributed by atoms with Crippen LogP contribution in [0.4, 0.5) is 0 Å². The number of hydrogen-bond donors (Lipinski definition) is 2. The Hall–Kier alpha value is -1.90. The number of carbonyl (C=O) groups is 1. The zero-order chi connectivity index (χ0) is 23.7. The van der Waals surface area contributed by atoms with Crippen molar-refractivity contribution in [2.45, 2.75) is 58.2 Å². The van der Waals surface area contributed by atoms with Gasteiger partial charge in [0.2, 0.25) is 5.91 Å². The van der Waals surface area contributed by atoms with Gasteiger partial charge in [-0.2, -0.15) is 0 Å². The van der Waals surface area contributed by atoms with E-state index in [9.17, 15) is 23.4 Å². The van der Waals surface area contributed by atoms with Crippen molar-refractivity contribution in [1.29, 1.82) is 0 Å². The van der Waals surface area contributed by atoms with E-state index >= 15 is 0 Å². The van der Waals surface area contributed by atoms with Crippen LogP contribution in [-0.2, 0) is 21.1 Å². The minimum Gasteiger partial charge on any atom is -0.490 e. The lowest BCUT2D eigenvalue weighted by atomic mass is 9.96. The molecule has 2 N–H and O–H groups in total. The van der Waals surface area contributed by atoms with Gasteiger partial charge < -0.3 is 19.8 Å². The molecule has 0 radical (unpaired) electrons. The highest BCUT2D eigenvalue weighted by atomic mass is 32.2. The van der Waals surface area contributed by atoms with E-state index < -0.39 is 21.5 Å². The smallest absolute Gasteiger partial charge is 0.223 e. The molecular formula is C23H37NO6S. The van der Waals surface area contributed by atoms with Crippen molar-refractivity contribution >= 4 is 15.7 Å². The van der Waals surface area contributed by atoms with Crippen LogP contribution in [0.5, 0.6) is 5.75 Å². The standard InChI is InChI=1S/C23H37NO6S/c1-18(6-11-21(25)23(2,3)27)13-16-30-20-9-7-19(8-10-20)12-15-24(4)22(26)14-17-31(5,28)29/h7-10,13,21,25,27H,6,11-12,14-17H2,1-5H3/b18-13+. The van der Waals surface area contributed by atoms with Gasteiger partial charge in [0.25, 0.3) is 0 Å². The first-order valence-corrected chi connectivity index (χ1v) is 12.5. The molecule has 0 spiro atoms. The lowest BCUT2D eigenvalue weighted by Gasteiger charge is -2.24. The van der Waals surface area contributed by atoms with Crippen LogP contribution in [0, 0.1) is 0 Å². The number of amides is 1. The van der Waals surface area contributed by atoms with E-state index in [1.165, 1.54) is 0 Å². The number of nitrogens with zero attached hydrogens (tertiary/aromatic N) is 1. The van der Waals surface area contributed by atoms with E-state index in [0.717, 1.165) is 23.1 Å². The molecule has 0 bridgehead atoms. The number of benzene rings is 1. The second-order valence-corrected chi connectivity index (χ2v) is 10.9. The number of likely N-dealkylation sites (N-methyl/N-ethyl adjacent to an activating group) is 1. The predicted octanol–water partition coefficient (Wildman–Crippen LogP) is 2.36. The summed E-state index contributed by atoms with van der Waals surface area (Å²) in [7, 11) is -1.46. The summed E-state index contributed by atoms with van der Waals surface area (Å²) in [6, 6.07) is 7.64. The summed E-state index contributed by atoms with van der Waals surface area (Å²) in [5.41, 5.74) is 1.04. The summed E-state index contributed by atoms with van der Waals surface area (Å²) in [5.74, 6) is 0.431. The number of carbonyl (C=O) groups excluding carboxylic acids is 1. The highest BCUT2D eigenvalue weighted by Gasteiger charge is 2.23. The minimum atomic E-state index is -3.14. The quantitative estimate of drug-likeness (QED) is 0.443. The predicted molar refractivity (Wildman–Crippen MR) is 123 cm³/mol. The van der Waals surface area contributed by atoms with Crippen molar-refractivity contribution in [2.75, 3.05) is 32.2 Å². The van der Waals surface area contributed by atoms with Crippen LogP contribution in [0.15, 0.2) is 35.9 Å². The van der Waals surface area contributed by atoms with Crippen LogP contribution >= 0.6 is 0 Å². The molecule has 7 nitrogen and oxygen atoms in total. The third kappa shape index (κ3) is 11.9. The number of allylic oxidation sites excluding steroid dienone is 1. The Kier molecular flexibility index (Phi) is 10.7. The monoisotopic (exact) mass is 455 g/mol. The van der Waals surface area contributed by atoms with Crippen molar-refractivity contribution < 1.29 is 28.2 Å². The van der Waals surface area contributed by atoms with E-state index in [0.29, 0.717) is 32.4 Å². The molecule has 0 saturated heterocycles. The van der Waals surface area contributed by atoms with Gasteiger partial charge in [0.05, 0.1) is 17.5 Å². The maximum Gasteiger partial charge on any atom is 0.223 e. The number of aliphatic hydroxyl groups excluding tert-OH is 1. The van der Waals surface area contributed by atoms with Crippen LogP contribution in [0.25, 0.3) is 0 Å².